The highest BCUT2D eigenvalue weighted by atomic mass is 32.2. The van der Waals surface area contributed by atoms with Gasteiger partial charge in [0.1, 0.15) is 0 Å². The number of hydrogen-bond donors (Lipinski definition) is 1. The van der Waals surface area contributed by atoms with Gasteiger partial charge in [-0.2, -0.15) is 13.2 Å². The summed E-state index contributed by atoms with van der Waals surface area (Å²) in [5.74, 6) is -2.20. The summed E-state index contributed by atoms with van der Waals surface area (Å²) in [7, 11) is 0. The van der Waals surface area contributed by atoms with Crippen LogP contribution in [-0.4, -0.2) is 26.7 Å². The van der Waals surface area contributed by atoms with Crippen LogP contribution < -0.4 is 0 Å². The third-order valence-electron chi connectivity index (χ3n) is 2.11. The molecular weight excluding hydrogens is 321 g/mol. The van der Waals surface area contributed by atoms with Crippen molar-refractivity contribution in [3.8, 4) is 0 Å². The van der Waals surface area contributed by atoms with Crippen molar-refractivity contribution in [2.45, 2.75) is 11.1 Å². The normalized spacial score (nSPS) is 11.2. The summed E-state index contributed by atoms with van der Waals surface area (Å²) in [5.41, 5.74) is -3.88. The van der Waals surface area contributed by atoms with Gasteiger partial charge in [0.25, 0.3) is 11.4 Å². The molecule has 21 heavy (non-hydrogen) atoms. The molecular formula is C9H5F3N2O6S. The standard InChI is InChI=1S/C9H5F3N2O6S/c10-9(11,12)4-1-5(13(17)18)8(21-3-7(15)16)6(2-4)14(19)20/h1-2H,3H2,(H,15,16). The molecule has 0 spiro atoms. The minimum absolute atomic E-state index is 0.136. The Morgan fingerprint density at radius 2 is 1.62 bits per heavy atom. The summed E-state index contributed by atoms with van der Waals surface area (Å²) in [4.78, 5) is 28.8. The molecule has 0 aliphatic carbocycles. The van der Waals surface area contributed by atoms with Crippen LogP contribution in [0.1, 0.15) is 5.56 Å². The number of hydrogen-bond acceptors (Lipinski definition) is 6. The highest BCUT2D eigenvalue weighted by molar-refractivity contribution is 8.00. The molecule has 0 radical (unpaired) electrons. The van der Waals surface area contributed by atoms with Crippen molar-refractivity contribution in [1.29, 1.82) is 0 Å². The van der Waals surface area contributed by atoms with Crippen molar-refractivity contribution in [2.75, 3.05) is 5.75 Å². The van der Waals surface area contributed by atoms with Gasteiger partial charge in [-0.15, -0.1) is 11.8 Å². The summed E-state index contributed by atoms with van der Waals surface area (Å²) in [6.45, 7) is 0. The van der Waals surface area contributed by atoms with E-state index in [9.17, 15) is 38.2 Å². The number of carboxylic acid groups (broad SMARTS) is 1. The molecule has 1 aromatic carbocycles. The first-order chi connectivity index (χ1) is 9.54. The van der Waals surface area contributed by atoms with Gasteiger partial charge in [-0.1, -0.05) is 0 Å². The molecule has 0 aliphatic rings. The lowest BCUT2D eigenvalue weighted by Crippen LogP contribution is -2.09. The maximum absolute atomic E-state index is 12.6. The Hall–Kier alpha value is -2.37. The van der Waals surface area contributed by atoms with Gasteiger partial charge in [0.2, 0.25) is 0 Å². The summed E-state index contributed by atoms with van der Waals surface area (Å²) < 4.78 is 37.7. The predicted octanol–water partition coefficient (Wildman–Crippen LogP) is 2.70. The smallest absolute Gasteiger partial charge is 0.416 e. The minimum atomic E-state index is -5.01. The van der Waals surface area contributed by atoms with Crippen LogP contribution in [0.5, 0.6) is 0 Å². The van der Waals surface area contributed by atoms with Crippen molar-refractivity contribution in [2.24, 2.45) is 0 Å². The monoisotopic (exact) mass is 326 g/mol. The van der Waals surface area contributed by atoms with Crippen LogP contribution in [0.15, 0.2) is 17.0 Å². The molecule has 12 heteroatoms. The summed E-state index contributed by atoms with van der Waals surface area (Å²) in [6, 6.07) is 0.272. The number of carbonyl (C=O) groups is 1. The lowest BCUT2D eigenvalue weighted by molar-refractivity contribution is -0.400. The van der Waals surface area contributed by atoms with Gasteiger partial charge in [-0.25, -0.2) is 0 Å². The van der Waals surface area contributed by atoms with Crippen LogP contribution in [0, 0.1) is 20.2 Å². The lowest BCUT2D eigenvalue weighted by atomic mass is 10.1. The number of nitrogens with zero attached hydrogens (tertiary/aromatic N) is 2. The van der Waals surface area contributed by atoms with E-state index in [1.54, 1.807) is 0 Å². The number of rotatable bonds is 5. The minimum Gasteiger partial charge on any atom is -0.481 e. The van der Waals surface area contributed by atoms with Crippen molar-refractivity contribution in [1.82, 2.24) is 0 Å². The summed E-state index contributed by atoms with van der Waals surface area (Å²) in [5, 5.41) is 30.0. The fraction of sp³-hybridized carbons (Fsp3) is 0.222. The van der Waals surface area contributed by atoms with Gasteiger partial charge < -0.3 is 5.11 Å². The van der Waals surface area contributed by atoms with Gasteiger partial charge in [0, 0.05) is 12.1 Å². The number of benzene rings is 1. The fourth-order valence-corrected chi connectivity index (χ4v) is 2.15. The Bertz CT molecular complexity index is 583. The van der Waals surface area contributed by atoms with E-state index in [1.807, 2.05) is 0 Å². The molecule has 8 nitrogen and oxygen atoms in total. The van der Waals surface area contributed by atoms with Crippen molar-refractivity contribution >= 4 is 29.1 Å². The van der Waals surface area contributed by atoms with Crippen LogP contribution >= 0.6 is 11.8 Å². The third-order valence-corrected chi connectivity index (χ3v) is 3.21. The maximum Gasteiger partial charge on any atom is 0.416 e. The summed E-state index contributed by atoms with van der Waals surface area (Å²) in [6.07, 6.45) is -5.01. The topological polar surface area (TPSA) is 124 Å². The molecule has 1 rings (SSSR count). The number of thioether (sulfide) groups is 1. The molecule has 0 heterocycles. The maximum atomic E-state index is 12.6. The van der Waals surface area contributed by atoms with E-state index >= 15 is 0 Å². The molecule has 1 aromatic rings. The first kappa shape index (κ1) is 16.7. The first-order valence-electron chi connectivity index (χ1n) is 4.92. The van der Waals surface area contributed by atoms with Crippen molar-refractivity contribution < 1.29 is 32.9 Å². The van der Waals surface area contributed by atoms with E-state index in [0.29, 0.717) is 0 Å². The average Bonchev–Trinajstić information content (AvgIpc) is 2.33. The second-order valence-corrected chi connectivity index (χ2v) is 4.52. The number of carboxylic acids is 1. The zero-order chi connectivity index (χ0) is 16.4. The Labute approximate surface area is 117 Å². The second kappa shape index (κ2) is 5.95. The average molecular weight is 326 g/mol. The van der Waals surface area contributed by atoms with Crippen LogP contribution in [-0.2, 0) is 11.0 Å². The van der Waals surface area contributed by atoms with Crippen LogP contribution in [0.25, 0.3) is 0 Å². The van der Waals surface area contributed by atoms with Gasteiger partial charge in [0.15, 0.2) is 4.90 Å². The molecule has 0 aromatic heterocycles. The highest BCUT2D eigenvalue weighted by Crippen LogP contribution is 2.42. The van der Waals surface area contributed by atoms with Gasteiger partial charge in [-0.3, -0.25) is 25.0 Å². The van der Waals surface area contributed by atoms with Gasteiger partial charge in [-0.05, 0) is 0 Å². The number of alkyl halides is 3. The fourth-order valence-electron chi connectivity index (χ4n) is 1.32. The molecule has 0 amide bonds. The highest BCUT2D eigenvalue weighted by Gasteiger charge is 2.37. The molecule has 0 bridgehead atoms. The van der Waals surface area contributed by atoms with E-state index in [0.717, 1.165) is 0 Å². The Balaban J connectivity index is 3.55. The molecule has 114 valence electrons. The van der Waals surface area contributed by atoms with E-state index in [1.165, 1.54) is 0 Å². The quantitative estimate of drug-likeness (QED) is 0.501. The Kier molecular flexibility index (Phi) is 4.73. The number of nitro groups is 2. The van der Waals surface area contributed by atoms with E-state index in [-0.39, 0.29) is 23.9 Å². The number of aliphatic carboxylic acids is 1. The zero-order valence-electron chi connectivity index (χ0n) is 9.79. The third kappa shape index (κ3) is 4.05. The van der Waals surface area contributed by atoms with Crippen LogP contribution in [0.2, 0.25) is 0 Å². The molecule has 0 saturated carbocycles. The SMILES string of the molecule is O=C(O)CSc1c([N+](=O)[O-])cc(C(F)(F)F)cc1[N+](=O)[O-]. The molecule has 0 saturated heterocycles. The predicted molar refractivity (Wildman–Crippen MR) is 63.1 cm³/mol. The zero-order valence-corrected chi connectivity index (χ0v) is 10.6. The second-order valence-electron chi connectivity index (χ2n) is 3.54. The molecule has 0 aliphatic heterocycles. The lowest BCUT2D eigenvalue weighted by Gasteiger charge is -2.09. The number of nitro benzene ring substituents is 2. The van der Waals surface area contributed by atoms with Gasteiger partial charge in [0.05, 0.1) is 21.2 Å². The van der Waals surface area contributed by atoms with E-state index in [2.05, 4.69) is 0 Å². The summed E-state index contributed by atoms with van der Waals surface area (Å²) >= 11 is 0.208. The van der Waals surface area contributed by atoms with E-state index < -0.39 is 49.6 Å². The van der Waals surface area contributed by atoms with Gasteiger partial charge >= 0.3 is 12.1 Å². The van der Waals surface area contributed by atoms with Crippen LogP contribution in [0.4, 0.5) is 24.5 Å². The van der Waals surface area contributed by atoms with Crippen LogP contribution in [0.3, 0.4) is 0 Å². The molecule has 1 N–H and O–H groups in total. The Morgan fingerprint density at radius 1 is 1.19 bits per heavy atom. The molecule has 0 fully saturated rings. The Morgan fingerprint density at radius 3 is 1.90 bits per heavy atom. The molecule has 0 unspecified atom stereocenters. The number of halogens is 3. The van der Waals surface area contributed by atoms with Crippen molar-refractivity contribution in [3.05, 3.63) is 37.9 Å². The molecule has 0 atom stereocenters. The largest absolute Gasteiger partial charge is 0.481 e. The van der Waals surface area contributed by atoms with Crippen molar-refractivity contribution in [3.63, 3.8) is 0 Å². The first-order valence-corrected chi connectivity index (χ1v) is 5.91. The van der Waals surface area contributed by atoms with E-state index in [4.69, 9.17) is 5.11 Å².